The van der Waals surface area contributed by atoms with E-state index in [2.05, 4.69) is 15.0 Å². The molecule has 20 heavy (non-hydrogen) atoms. The molecule has 2 aromatic heterocycles. The first-order valence-corrected chi connectivity index (χ1v) is 5.97. The molecular formula is C15H9FN4. The lowest BCUT2D eigenvalue weighted by Gasteiger charge is -2.07. The number of nitrogens with zero attached hydrogens (tertiary/aromatic N) is 4. The largest absolute Gasteiger partial charge is 0.253 e. The van der Waals surface area contributed by atoms with Crippen molar-refractivity contribution in [2.45, 2.75) is 6.92 Å². The summed E-state index contributed by atoms with van der Waals surface area (Å²) in [5, 5.41) is 9.82. The van der Waals surface area contributed by atoms with Gasteiger partial charge in [0.25, 0.3) is 0 Å². The highest BCUT2D eigenvalue weighted by atomic mass is 19.1. The number of nitriles is 1. The molecule has 0 spiro atoms. The zero-order chi connectivity index (χ0) is 14.1. The SMILES string of the molecule is Cc1ncnc(C#N)c1-c1cnc2c(F)cccc2c1. The van der Waals surface area contributed by atoms with E-state index >= 15 is 0 Å². The molecule has 0 aliphatic carbocycles. The van der Waals surface area contributed by atoms with Gasteiger partial charge in [-0.2, -0.15) is 5.26 Å². The highest BCUT2D eigenvalue weighted by molar-refractivity contribution is 5.85. The molecule has 2 heterocycles. The van der Waals surface area contributed by atoms with Gasteiger partial charge in [-0.3, -0.25) is 4.98 Å². The minimum Gasteiger partial charge on any atom is -0.253 e. The minimum atomic E-state index is -0.365. The first-order valence-electron chi connectivity index (χ1n) is 5.97. The lowest BCUT2D eigenvalue weighted by Crippen LogP contribution is -1.96. The predicted molar refractivity (Wildman–Crippen MR) is 72.2 cm³/mol. The van der Waals surface area contributed by atoms with E-state index in [9.17, 15) is 4.39 Å². The van der Waals surface area contributed by atoms with Gasteiger partial charge in [-0.25, -0.2) is 14.4 Å². The monoisotopic (exact) mass is 264 g/mol. The van der Waals surface area contributed by atoms with Gasteiger partial charge in [0.2, 0.25) is 0 Å². The molecule has 4 nitrogen and oxygen atoms in total. The molecule has 5 heteroatoms. The molecule has 0 amide bonds. The number of hydrogen-bond acceptors (Lipinski definition) is 4. The highest BCUT2D eigenvalue weighted by Gasteiger charge is 2.12. The number of halogens is 1. The second kappa shape index (κ2) is 4.67. The topological polar surface area (TPSA) is 62.5 Å². The number of pyridine rings is 1. The van der Waals surface area contributed by atoms with Gasteiger partial charge in [-0.05, 0) is 19.1 Å². The molecule has 0 fully saturated rings. The maximum atomic E-state index is 13.6. The third-order valence-electron chi connectivity index (χ3n) is 3.09. The molecule has 0 saturated carbocycles. The fourth-order valence-corrected chi connectivity index (χ4v) is 2.16. The Bertz CT molecular complexity index is 852. The Morgan fingerprint density at radius 3 is 2.85 bits per heavy atom. The molecule has 3 aromatic rings. The summed E-state index contributed by atoms with van der Waals surface area (Å²) in [6.07, 6.45) is 2.89. The third-order valence-corrected chi connectivity index (χ3v) is 3.09. The summed E-state index contributed by atoms with van der Waals surface area (Å²) in [5.41, 5.74) is 2.62. The Morgan fingerprint density at radius 1 is 1.20 bits per heavy atom. The van der Waals surface area contributed by atoms with Crippen LogP contribution in [0.3, 0.4) is 0 Å². The molecule has 0 bridgehead atoms. The Labute approximate surface area is 114 Å². The van der Waals surface area contributed by atoms with Gasteiger partial charge in [0.15, 0.2) is 5.69 Å². The van der Waals surface area contributed by atoms with Gasteiger partial charge in [0.1, 0.15) is 23.7 Å². The number of hydrogen-bond donors (Lipinski definition) is 0. The van der Waals surface area contributed by atoms with E-state index in [-0.39, 0.29) is 11.5 Å². The molecule has 1 aromatic carbocycles. The fraction of sp³-hybridized carbons (Fsp3) is 0.0667. The molecular weight excluding hydrogens is 255 g/mol. The average Bonchev–Trinajstić information content (AvgIpc) is 2.47. The summed E-state index contributed by atoms with van der Waals surface area (Å²) in [5.74, 6) is -0.365. The maximum absolute atomic E-state index is 13.6. The van der Waals surface area contributed by atoms with Crippen molar-refractivity contribution in [2.75, 3.05) is 0 Å². The Hall–Kier alpha value is -2.87. The lowest BCUT2D eigenvalue weighted by molar-refractivity contribution is 0.637. The van der Waals surface area contributed by atoms with Gasteiger partial charge in [0, 0.05) is 28.4 Å². The van der Waals surface area contributed by atoms with Crippen LogP contribution in [0.25, 0.3) is 22.0 Å². The third kappa shape index (κ3) is 1.88. The van der Waals surface area contributed by atoms with Gasteiger partial charge in [0.05, 0.1) is 0 Å². The molecule has 0 aliphatic rings. The van der Waals surface area contributed by atoms with Gasteiger partial charge in [-0.1, -0.05) is 12.1 Å². The van der Waals surface area contributed by atoms with Crippen LogP contribution in [0.2, 0.25) is 0 Å². The van der Waals surface area contributed by atoms with Crippen molar-refractivity contribution in [2.24, 2.45) is 0 Å². The van der Waals surface area contributed by atoms with E-state index in [4.69, 9.17) is 5.26 Å². The Kier molecular flexibility index (Phi) is 2.84. The quantitative estimate of drug-likeness (QED) is 0.677. The second-order valence-corrected chi connectivity index (χ2v) is 4.33. The van der Waals surface area contributed by atoms with Crippen LogP contribution in [0.4, 0.5) is 4.39 Å². The standard InChI is InChI=1S/C15H9FN4/c1-9-14(13(6-17)20-8-19-9)11-5-10-3-2-4-12(16)15(10)18-7-11/h2-5,7-8H,1H3. The van der Waals surface area contributed by atoms with Crippen LogP contribution >= 0.6 is 0 Å². The van der Waals surface area contributed by atoms with Crippen LogP contribution in [-0.2, 0) is 0 Å². The zero-order valence-corrected chi connectivity index (χ0v) is 10.6. The van der Waals surface area contributed by atoms with E-state index in [0.29, 0.717) is 27.7 Å². The van der Waals surface area contributed by atoms with Gasteiger partial charge in [-0.15, -0.1) is 0 Å². The Balaban J connectivity index is 2.29. The first-order chi connectivity index (χ1) is 9.70. The summed E-state index contributed by atoms with van der Waals surface area (Å²) < 4.78 is 13.6. The molecule has 0 aliphatic heterocycles. The van der Waals surface area contributed by atoms with Crippen molar-refractivity contribution >= 4 is 10.9 Å². The first kappa shape index (κ1) is 12.2. The van der Waals surface area contributed by atoms with E-state index in [1.807, 2.05) is 6.07 Å². The molecule has 0 saturated heterocycles. The lowest BCUT2D eigenvalue weighted by atomic mass is 10.0. The van der Waals surface area contributed by atoms with Gasteiger partial charge < -0.3 is 0 Å². The molecule has 0 atom stereocenters. The number of rotatable bonds is 1. The van der Waals surface area contributed by atoms with Crippen molar-refractivity contribution < 1.29 is 4.39 Å². The summed E-state index contributed by atoms with van der Waals surface area (Å²) >= 11 is 0. The van der Waals surface area contributed by atoms with E-state index in [0.717, 1.165) is 0 Å². The smallest absolute Gasteiger partial charge is 0.151 e. The minimum absolute atomic E-state index is 0.287. The van der Waals surface area contributed by atoms with Crippen LogP contribution in [0.15, 0.2) is 36.8 Å². The van der Waals surface area contributed by atoms with Crippen LogP contribution in [0.5, 0.6) is 0 Å². The van der Waals surface area contributed by atoms with Gasteiger partial charge >= 0.3 is 0 Å². The number of para-hydroxylation sites is 1. The summed E-state index contributed by atoms with van der Waals surface area (Å²) in [4.78, 5) is 12.2. The van der Waals surface area contributed by atoms with Crippen LogP contribution in [0, 0.1) is 24.1 Å². The van der Waals surface area contributed by atoms with Crippen molar-refractivity contribution in [1.29, 1.82) is 5.26 Å². The number of fused-ring (bicyclic) bond motifs is 1. The molecule has 0 unspecified atom stereocenters. The molecule has 3 rings (SSSR count). The van der Waals surface area contributed by atoms with E-state index < -0.39 is 0 Å². The molecule has 0 N–H and O–H groups in total. The summed E-state index contributed by atoms with van der Waals surface area (Å²) in [6, 6.07) is 8.60. The van der Waals surface area contributed by atoms with Crippen molar-refractivity contribution in [1.82, 2.24) is 15.0 Å². The summed E-state index contributed by atoms with van der Waals surface area (Å²) in [7, 11) is 0. The van der Waals surface area contributed by atoms with Crippen molar-refractivity contribution in [3.63, 3.8) is 0 Å². The zero-order valence-electron chi connectivity index (χ0n) is 10.6. The second-order valence-electron chi connectivity index (χ2n) is 4.33. The fourth-order valence-electron chi connectivity index (χ4n) is 2.16. The number of aromatic nitrogens is 3. The van der Waals surface area contributed by atoms with Crippen molar-refractivity contribution in [3.8, 4) is 17.2 Å². The Morgan fingerprint density at radius 2 is 2.05 bits per heavy atom. The van der Waals surface area contributed by atoms with Crippen molar-refractivity contribution in [3.05, 3.63) is 54.0 Å². The normalized spacial score (nSPS) is 10.4. The number of aryl methyl sites for hydroxylation is 1. The highest BCUT2D eigenvalue weighted by Crippen LogP contribution is 2.27. The van der Waals surface area contributed by atoms with E-state index in [1.165, 1.54) is 18.6 Å². The van der Waals surface area contributed by atoms with Crippen LogP contribution < -0.4 is 0 Å². The maximum Gasteiger partial charge on any atom is 0.151 e. The number of benzene rings is 1. The van der Waals surface area contributed by atoms with Crippen LogP contribution in [-0.4, -0.2) is 15.0 Å². The molecule has 0 radical (unpaired) electrons. The summed E-state index contributed by atoms with van der Waals surface area (Å²) in [6.45, 7) is 1.80. The average molecular weight is 264 g/mol. The van der Waals surface area contributed by atoms with E-state index in [1.54, 1.807) is 25.1 Å². The molecule has 96 valence electrons. The predicted octanol–water partition coefficient (Wildman–Crippen LogP) is 3.01. The van der Waals surface area contributed by atoms with Crippen LogP contribution in [0.1, 0.15) is 11.4 Å².